The van der Waals surface area contributed by atoms with Crippen molar-refractivity contribution in [1.82, 2.24) is 29.9 Å². The van der Waals surface area contributed by atoms with Gasteiger partial charge in [0, 0.05) is 35.4 Å². The highest BCUT2D eigenvalue weighted by Gasteiger charge is 2.21. The van der Waals surface area contributed by atoms with E-state index in [1.165, 1.54) is 24.0 Å². The number of halogens is 1. The average molecular weight is 405 g/mol. The second kappa shape index (κ2) is 7.44. The number of aromatic nitrogens is 6. The number of hydrogen-bond donors (Lipinski definition) is 1. The number of H-pyrrole nitrogens is 1. The molecule has 1 atom stereocenters. The number of aromatic amines is 1. The van der Waals surface area contributed by atoms with Gasteiger partial charge in [0.05, 0.1) is 17.7 Å². The monoisotopic (exact) mass is 404 g/mol. The lowest BCUT2D eigenvalue weighted by Crippen LogP contribution is -2.14. The molecule has 1 aliphatic rings. The summed E-state index contributed by atoms with van der Waals surface area (Å²) >= 11 is 6.26. The van der Waals surface area contributed by atoms with E-state index in [9.17, 15) is 0 Å². The number of hydrogen-bond acceptors (Lipinski definition) is 4. The van der Waals surface area contributed by atoms with Crippen LogP contribution in [0.1, 0.15) is 35.6 Å². The van der Waals surface area contributed by atoms with E-state index < -0.39 is 0 Å². The number of nitrogens with one attached hydrogen (secondary N) is 1. The van der Waals surface area contributed by atoms with Crippen LogP contribution in [0.25, 0.3) is 22.6 Å². The van der Waals surface area contributed by atoms with Crippen molar-refractivity contribution in [2.45, 2.75) is 38.6 Å². The highest BCUT2D eigenvalue weighted by Crippen LogP contribution is 2.34. The SMILES string of the molecule is Cc1n[nH]nc1-c1ccnc(-c2cn(C[C@H]3CCCc4ccc(Cl)cc43)cn2)c1. The number of pyridine rings is 1. The largest absolute Gasteiger partial charge is 0.336 e. The number of imidazole rings is 1. The van der Waals surface area contributed by atoms with E-state index in [4.69, 9.17) is 11.6 Å². The molecule has 3 heterocycles. The lowest BCUT2D eigenvalue weighted by molar-refractivity contribution is 0.483. The fourth-order valence-corrected chi connectivity index (χ4v) is 4.36. The maximum Gasteiger partial charge on any atom is 0.115 e. The van der Waals surface area contributed by atoms with Crippen LogP contribution in [0, 0.1) is 6.92 Å². The third-order valence-electron chi connectivity index (χ3n) is 5.63. The van der Waals surface area contributed by atoms with Crippen molar-refractivity contribution in [2.24, 2.45) is 0 Å². The van der Waals surface area contributed by atoms with Crippen LogP contribution in [0.2, 0.25) is 5.02 Å². The van der Waals surface area contributed by atoms with Crippen molar-refractivity contribution in [3.05, 3.63) is 70.9 Å². The lowest BCUT2D eigenvalue weighted by atomic mass is 9.83. The second-order valence-corrected chi connectivity index (χ2v) is 8.01. The van der Waals surface area contributed by atoms with Gasteiger partial charge in [-0.3, -0.25) is 4.98 Å². The van der Waals surface area contributed by atoms with Crippen LogP contribution in [0.15, 0.2) is 49.1 Å². The first-order valence-electron chi connectivity index (χ1n) is 9.81. The molecule has 0 amide bonds. The van der Waals surface area contributed by atoms with Crippen LogP contribution in [-0.2, 0) is 13.0 Å². The van der Waals surface area contributed by atoms with Crippen LogP contribution >= 0.6 is 11.6 Å². The van der Waals surface area contributed by atoms with Gasteiger partial charge in [-0.2, -0.15) is 15.4 Å². The standard InChI is InChI=1S/C22H21ClN6/c1-14-22(27-28-26-14)16-7-8-24-20(9-16)21-12-29(13-25-21)11-17-4-2-3-15-5-6-18(23)10-19(15)17/h5-10,12-13,17H,2-4,11H2,1H3,(H,26,27,28)/t17-/m1/s1. The van der Waals surface area contributed by atoms with Gasteiger partial charge in [-0.1, -0.05) is 17.7 Å². The summed E-state index contributed by atoms with van der Waals surface area (Å²) in [7, 11) is 0. The van der Waals surface area contributed by atoms with Crippen molar-refractivity contribution in [2.75, 3.05) is 0 Å². The van der Waals surface area contributed by atoms with E-state index in [0.29, 0.717) is 5.92 Å². The van der Waals surface area contributed by atoms with Gasteiger partial charge < -0.3 is 4.57 Å². The molecule has 0 aliphatic heterocycles. The number of benzene rings is 1. The second-order valence-electron chi connectivity index (χ2n) is 7.58. The zero-order valence-corrected chi connectivity index (χ0v) is 16.9. The summed E-state index contributed by atoms with van der Waals surface area (Å²) in [5.74, 6) is 0.455. The Labute approximate surface area is 174 Å². The smallest absolute Gasteiger partial charge is 0.115 e. The Bertz CT molecular complexity index is 1160. The van der Waals surface area contributed by atoms with Gasteiger partial charge in [-0.15, -0.1) is 0 Å². The average Bonchev–Trinajstić information content (AvgIpc) is 3.38. The van der Waals surface area contributed by atoms with Crippen molar-refractivity contribution in [3.8, 4) is 22.6 Å². The van der Waals surface area contributed by atoms with E-state index in [2.05, 4.69) is 48.3 Å². The van der Waals surface area contributed by atoms with Gasteiger partial charge in [0.25, 0.3) is 0 Å². The first-order chi connectivity index (χ1) is 14.2. The Balaban J connectivity index is 1.40. The molecule has 5 rings (SSSR count). The molecule has 4 aromatic rings. The number of nitrogens with zero attached hydrogens (tertiary/aromatic N) is 5. The molecule has 146 valence electrons. The number of fused-ring (bicyclic) bond motifs is 1. The maximum atomic E-state index is 6.26. The van der Waals surface area contributed by atoms with Crippen LogP contribution in [0.3, 0.4) is 0 Å². The van der Waals surface area contributed by atoms with E-state index >= 15 is 0 Å². The van der Waals surface area contributed by atoms with Gasteiger partial charge >= 0.3 is 0 Å². The molecule has 0 spiro atoms. The topological polar surface area (TPSA) is 72.3 Å². The minimum Gasteiger partial charge on any atom is -0.336 e. The normalized spacial score (nSPS) is 16.0. The summed E-state index contributed by atoms with van der Waals surface area (Å²) < 4.78 is 2.16. The molecular weight excluding hydrogens is 384 g/mol. The molecule has 0 unspecified atom stereocenters. The summed E-state index contributed by atoms with van der Waals surface area (Å²) in [6.07, 6.45) is 9.26. The molecule has 1 N–H and O–H groups in total. The lowest BCUT2D eigenvalue weighted by Gasteiger charge is -2.26. The predicted molar refractivity (Wildman–Crippen MR) is 113 cm³/mol. The molecule has 1 aliphatic carbocycles. The zero-order valence-electron chi connectivity index (χ0n) is 16.1. The van der Waals surface area contributed by atoms with Crippen molar-refractivity contribution in [1.29, 1.82) is 0 Å². The predicted octanol–water partition coefficient (Wildman–Crippen LogP) is 4.81. The first-order valence-corrected chi connectivity index (χ1v) is 10.2. The summed E-state index contributed by atoms with van der Waals surface area (Å²) in [5, 5.41) is 11.8. The molecular formula is C22H21ClN6. The van der Waals surface area contributed by atoms with E-state index in [0.717, 1.165) is 46.3 Å². The highest BCUT2D eigenvalue weighted by molar-refractivity contribution is 6.30. The Morgan fingerprint density at radius 2 is 2.07 bits per heavy atom. The highest BCUT2D eigenvalue weighted by atomic mass is 35.5. The van der Waals surface area contributed by atoms with E-state index in [-0.39, 0.29) is 0 Å². The molecule has 0 bridgehead atoms. The Kier molecular flexibility index (Phi) is 4.64. The van der Waals surface area contributed by atoms with Gasteiger partial charge in [-0.25, -0.2) is 4.98 Å². The Morgan fingerprint density at radius 3 is 2.93 bits per heavy atom. The summed E-state index contributed by atoms with van der Waals surface area (Å²) in [6.45, 7) is 2.82. The fourth-order valence-electron chi connectivity index (χ4n) is 4.18. The summed E-state index contributed by atoms with van der Waals surface area (Å²) in [4.78, 5) is 9.11. The van der Waals surface area contributed by atoms with Gasteiger partial charge in [0.1, 0.15) is 11.4 Å². The van der Waals surface area contributed by atoms with Crippen molar-refractivity contribution in [3.63, 3.8) is 0 Å². The van der Waals surface area contributed by atoms with Crippen LogP contribution in [0.5, 0.6) is 0 Å². The molecule has 29 heavy (non-hydrogen) atoms. The third kappa shape index (κ3) is 3.56. The zero-order chi connectivity index (χ0) is 19.8. The van der Waals surface area contributed by atoms with Gasteiger partial charge in [-0.05, 0) is 61.6 Å². The Hall–Kier alpha value is -2.99. The van der Waals surface area contributed by atoms with Crippen LogP contribution < -0.4 is 0 Å². The summed E-state index contributed by atoms with van der Waals surface area (Å²) in [5.41, 5.74) is 7.16. The molecule has 3 aromatic heterocycles. The molecule has 0 saturated heterocycles. The van der Waals surface area contributed by atoms with Gasteiger partial charge in [0.2, 0.25) is 0 Å². The Morgan fingerprint density at radius 1 is 1.14 bits per heavy atom. The molecule has 0 radical (unpaired) electrons. The van der Waals surface area contributed by atoms with E-state index in [1.54, 1.807) is 6.20 Å². The minimum atomic E-state index is 0.455. The van der Waals surface area contributed by atoms with E-state index in [1.807, 2.05) is 31.5 Å². The molecule has 1 aromatic carbocycles. The quantitative estimate of drug-likeness (QED) is 0.529. The van der Waals surface area contributed by atoms with Crippen molar-refractivity contribution >= 4 is 11.6 Å². The third-order valence-corrected chi connectivity index (χ3v) is 5.86. The van der Waals surface area contributed by atoms with Crippen molar-refractivity contribution < 1.29 is 0 Å². The first kappa shape index (κ1) is 18.1. The van der Waals surface area contributed by atoms with Gasteiger partial charge in [0.15, 0.2) is 0 Å². The number of aryl methyl sites for hydroxylation is 2. The number of rotatable bonds is 4. The fraction of sp³-hybridized carbons (Fsp3) is 0.273. The minimum absolute atomic E-state index is 0.455. The molecule has 0 fully saturated rings. The van der Waals surface area contributed by atoms with Crippen LogP contribution in [0.4, 0.5) is 0 Å². The molecule has 7 heteroatoms. The summed E-state index contributed by atoms with van der Waals surface area (Å²) in [6, 6.07) is 10.2. The maximum absolute atomic E-state index is 6.26. The van der Waals surface area contributed by atoms with Crippen LogP contribution in [-0.4, -0.2) is 29.9 Å². The molecule has 6 nitrogen and oxygen atoms in total. The molecule has 0 saturated carbocycles.